The van der Waals surface area contributed by atoms with E-state index in [1.54, 1.807) is 0 Å². The second kappa shape index (κ2) is 6.93. The number of amides is 1. The van der Waals surface area contributed by atoms with E-state index in [2.05, 4.69) is 26.1 Å². The molecule has 0 fully saturated rings. The average molecular weight is 289 g/mol. The van der Waals surface area contributed by atoms with Crippen molar-refractivity contribution in [3.63, 3.8) is 0 Å². The predicted molar refractivity (Wildman–Crippen MR) is 77.5 cm³/mol. The molecule has 0 bridgehead atoms. The van der Waals surface area contributed by atoms with E-state index >= 15 is 0 Å². The molecule has 0 spiro atoms. The second-order valence-corrected chi connectivity index (χ2v) is 11.3. The molecule has 0 aliphatic carbocycles. The van der Waals surface area contributed by atoms with Crippen molar-refractivity contribution in [1.29, 1.82) is 0 Å². The summed E-state index contributed by atoms with van der Waals surface area (Å²) < 4.78 is 10.4. The molecule has 0 aromatic heterocycles. The molecule has 0 saturated heterocycles. The van der Waals surface area contributed by atoms with Gasteiger partial charge in [-0.2, -0.15) is 0 Å². The van der Waals surface area contributed by atoms with Gasteiger partial charge >= 0.3 is 12.1 Å². The normalized spacial score (nSPS) is 12.2. The molecule has 0 unspecified atom stereocenters. The Balaban J connectivity index is 4.10. The molecule has 0 saturated carbocycles. The van der Waals surface area contributed by atoms with E-state index in [1.165, 1.54) is 0 Å². The highest BCUT2D eigenvalue weighted by molar-refractivity contribution is 6.75. The van der Waals surface area contributed by atoms with Gasteiger partial charge in [-0.25, -0.2) is 4.79 Å². The number of hydrogen-bond acceptors (Lipinski definition) is 4. The highest BCUT2D eigenvalue weighted by atomic mass is 28.4. The fourth-order valence-electron chi connectivity index (χ4n) is 0.911. The van der Waals surface area contributed by atoms with Crippen LogP contribution in [0, 0.1) is 5.92 Å². The Kier molecular flexibility index (Phi) is 6.55. The lowest BCUT2D eigenvalue weighted by Crippen LogP contribution is -2.45. The summed E-state index contributed by atoms with van der Waals surface area (Å²) in [5.41, 5.74) is 0. The molecule has 0 aliphatic heterocycles. The molecule has 1 N–H and O–H groups in total. The quantitative estimate of drug-likeness (QED) is 0.790. The van der Waals surface area contributed by atoms with Gasteiger partial charge in [0.05, 0.1) is 6.61 Å². The van der Waals surface area contributed by atoms with Crippen LogP contribution in [0.25, 0.3) is 0 Å². The van der Waals surface area contributed by atoms with Crippen molar-refractivity contribution >= 4 is 20.4 Å². The van der Waals surface area contributed by atoms with E-state index in [4.69, 9.17) is 9.16 Å². The summed E-state index contributed by atoms with van der Waals surface area (Å²) in [7, 11) is -2.12. The van der Waals surface area contributed by atoms with Crippen LogP contribution in [-0.2, 0) is 14.0 Å². The Morgan fingerprint density at radius 2 is 1.74 bits per heavy atom. The molecule has 5 nitrogen and oxygen atoms in total. The molecule has 0 radical (unpaired) electrons. The van der Waals surface area contributed by atoms with Crippen LogP contribution in [0.4, 0.5) is 4.79 Å². The minimum Gasteiger partial charge on any atom is -0.518 e. The van der Waals surface area contributed by atoms with E-state index in [0.29, 0.717) is 6.61 Å². The number of rotatable bonds is 5. The number of carbonyl (C=O) groups excluding carboxylic acids is 2. The van der Waals surface area contributed by atoms with Crippen molar-refractivity contribution < 1.29 is 18.8 Å². The maximum atomic E-state index is 11.7. The third-order valence-electron chi connectivity index (χ3n) is 3.10. The zero-order valence-electron chi connectivity index (χ0n) is 13.1. The van der Waals surface area contributed by atoms with Crippen LogP contribution in [0.15, 0.2) is 0 Å². The molecule has 112 valence electrons. The SMILES string of the molecule is CC(C)COC(=O)NCC(=O)O[Si](C)(C)C(C)(C)C. The van der Waals surface area contributed by atoms with Crippen LogP contribution < -0.4 is 5.32 Å². The topological polar surface area (TPSA) is 64.6 Å². The molecule has 6 heteroatoms. The van der Waals surface area contributed by atoms with Crippen LogP contribution >= 0.6 is 0 Å². The van der Waals surface area contributed by atoms with Crippen molar-refractivity contribution in [1.82, 2.24) is 5.32 Å². The summed E-state index contributed by atoms with van der Waals surface area (Å²) in [4.78, 5) is 23.0. The van der Waals surface area contributed by atoms with Gasteiger partial charge in [0.2, 0.25) is 0 Å². The van der Waals surface area contributed by atoms with Gasteiger partial charge in [0, 0.05) is 0 Å². The molecular weight excluding hydrogens is 262 g/mol. The first-order chi connectivity index (χ1) is 8.45. The fourth-order valence-corrected chi connectivity index (χ4v) is 1.86. The van der Waals surface area contributed by atoms with E-state index in [9.17, 15) is 9.59 Å². The maximum absolute atomic E-state index is 11.7. The standard InChI is InChI=1S/C13H27NO4Si/c1-10(2)9-17-12(16)14-8-11(15)18-19(6,7)13(3,4)5/h10H,8-9H2,1-7H3,(H,14,16). The lowest BCUT2D eigenvalue weighted by atomic mass is 10.2. The number of alkyl carbamates (subject to hydrolysis) is 1. The van der Waals surface area contributed by atoms with Crippen LogP contribution in [0.5, 0.6) is 0 Å². The van der Waals surface area contributed by atoms with Gasteiger partial charge in [-0.05, 0) is 24.1 Å². The van der Waals surface area contributed by atoms with Gasteiger partial charge in [0.15, 0.2) is 0 Å². The van der Waals surface area contributed by atoms with Gasteiger partial charge in [0.1, 0.15) is 6.54 Å². The first-order valence-corrected chi connectivity index (χ1v) is 9.49. The minimum absolute atomic E-state index is 0.0409. The van der Waals surface area contributed by atoms with Crippen LogP contribution in [0.3, 0.4) is 0 Å². The van der Waals surface area contributed by atoms with E-state index in [1.807, 2.05) is 26.9 Å². The summed E-state index contributed by atoms with van der Waals surface area (Å²) in [6, 6.07) is 0. The predicted octanol–water partition coefficient (Wildman–Crippen LogP) is 2.92. The summed E-state index contributed by atoms with van der Waals surface area (Å²) in [6.45, 7) is 14.2. The van der Waals surface area contributed by atoms with Crippen LogP contribution in [0.2, 0.25) is 18.1 Å². The first-order valence-electron chi connectivity index (χ1n) is 6.58. The Morgan fingerprint density at radius 1 is 1.21 bits per heavy atom. The van der Waals surface area contributed by atoms with Crippen LogP contribution in [-0.4, -0.2) is 33.5 Å². The van der Waals surface area contributed by atoms with Gasteiger partial charge < -0.3 is 14.5 Å². The molecule has 0 aromatic rings. The zero-order chi connectivity index (χ0) is 15.3. The Morgan fingerprint density at radius 3 is 2.16 bits per heavy atom. The molecule has 0 atom stereocenters. The highest BCUT2D eigenvalue weighted by Gasteiger charge is 2.40. The lowest BCUT2D eigenvalue weighted by Gasteiger charge is -2.35. The molecule has 0 aliphatic rings. The second-order valence-electron chi connectivity index (χ2n) is 6.58. The third-order valence-corrected chi connectivity index (χ3v) is 7.45. The van der Waals surface area contributed by atoms with Crippen molar-refractivity contribution in [2.75, 3.05) is 13.2 Å². The van der Waals surface area contributed by atoms with Gasteiger partial charge in [-0.3, -0.25) is 4.79 Å². The van der Waals surface area contributed by atoms with Gasteiger partial charge in [-0.1, -0.05) is 34.6 Å². The van der Waals surface area contributed by atoms with Crippen molar-refractivity contribution in [3.05, 3.63) is 0 Å². The molecule has 0 aromatic carbocycles. The summed E-state index contributed by atoms with van der Waals surface area (Å²) >= 11 is 0. The third kappa shape index (κ3) is 7.20. The first kappa shape index (κ1) is 18.0. The van der Waals surface area contributed by atoms with E-state index in [0.717, 1.165) is 0 Å². The number of ether oxygens (including phenoxy) is 1. The molecule has 0 rings (SSSR count). The number of nitrogens with one attached hydrogen (secondary N) is 1. The highest BCUT2D eigenvalue weighted by Crippen LogP contribution is 2.36. The molecule has 1 amide bonds. The monoisotopic (exact) mass is 289 g/mol. The molecular formula is C13H27NO4Si. The number of carbonyl (C=O) groups is 2. The largest absolute Gasteiger partial charge is 0.518 e. The van der Waals surface area contributed by atoms with E-state index in [-0.39, 0.29) is 17.5 Å². The van der Waals surface area contributed by atoms with Gasteiger partial charge in [0.25, 0.3) is 8.32 Å². The summed E-state index contributed by atoms with van der Waals surface area (Å²) in [5.74, 6) is -0.141. The maximum Gasteiger partial charge on any atom is 0.407 e. The van der Waals surface area contributed by atoms with Crippen molar-refractivity contribution in [3.8, 4) is 0 Å². The molecule has 19 heavy (non-hydrogen) atoms. The molecule has 0 heterocycles. The Hall–Kier alpha value is -1.04. The lowest BCUT2D eigenvalue weighted by molar-refractivity contribution is -0.134. The summed E-state index contributed by atoms with van der Waals surface area (Å²) in [5, 5.41) is 2.36. The summed E-state index contributed by atoms with van der Waals surface area (Å²) in [6.07, 6.45) is -0.583. The van der Waals surface area contributed by atoms with Gasteiger partial charge in [-0.15, -0.1) is 0 Å². The van der Waals surface area contributed by atoms with E-state index < -0.39 is 20.4 Å². The smallest absolute Gasteiger partial charge is 0.407 e. The Bertz CT molecular complexity index is 321. The zero-order valence-corrected chi connectivity index (χ0v) is 14.1. The Labute approximate surface area is 117 Å². The average Bonchev–Trinajstić information content (AvgIpc) is 2.21. The van der Waals surface area contributed by atoms with Crippen molar-refractivity contribution in [2.45, 2.75) is 52.8 Å². The number of hydrogen-bond donors (Lipinski definition) is 1. The van der Waals surface area contributed by atoms with Crippen molar-refractivity contribution in [2.24, 2.45) is 5.92 Å². The fraction of sp³-hybridized carbons (Fsp3) is 0.846. The minimum atomic E-state index is -2.12. The van der Waals surface area contributed by atoms with Crippen LogP contribution in [0.1, 0.15) is 34.6 Å².